The Morgan fingerprint density at radius 3 is 1.29 bits per heavy atom. The lowest BCUT2D eigenvalue weighted by molar-refractivity contribution is -0.161. The van der Waals surface area contributed by atoms with Crippen LogP contribution in [0.2, 0.25) is 0 Å². The smallest absolute Gasteiger partial charge is 0.340 e. The molecule has 0 heterocycles. The number of ether oxygens (including phenoxy) is 5. The van der Waals surface area contributed by atoms with Gasteiger partial charge >= 0.3 is 23.9 Å². The third kappa shape index (κ3) is 39.3. The van der Waals surface area contributed by atoms with Crippen LogP contribution in [0.25, 0.3) is 0 Å². The van der Waals surface area contributed by atoms with Crippen molar-refractivity contribution in [1.82, 2.24) is 5.32 Å². The topological polar surface area (TPSA) is 170 Å². The molecule has 0 rings (SSSR count). The number of halogens is 2. The van der Waals surface area contributed by atoms with Crippen molar-refractivity contribution in [3.63, 3.8) is 0 Å². The molecule has 0 aliphatic heterocycles. The van der Waals surface area contributed by atoms with Gasteiger partial charge in [-0.15, -0.1) is 23.2 Å². The first kappa shape index (κ1) is 58.9. The molecule has 0 aliphatic rings. The van der Waals surface area contributed by atoms with Crippen LogP contribution in [-0.4, -0.2) is 84.8 Å². The molecule has 0 fully saturated rings. The minimum Gasteiger partial charge on any atom is -0.460 e. The van der Waals surface area contributed by atoms with Gasteiger partial charge in [0.1, 0.15) is 11.2 Å². The monoisotopic (exact) mass is 824 g/mol. The minimum atomic E-state index is -0.710. The maximum atomic E-state index is 12.0. The van der Waals surface area contributed by atoms with E-state index in [2.05, 4.69) is 36.7 Å². The number of nitrogens with one attached hydrogen (secondary N) is 1. The van der Waals surface area contributed by atoms with Crippen molar-refractivity contribution in [2.24, 2.45) is 17.6 Å². The van der Waals surface area contributed by atoms with Crippen molar-refractivity contribution in [3.8, 4) is 0 Å². The van der Waals surface area contributed by atoms with Gasteiger partial charge in [-0.1, -0.05) is 47.4 Å². The molecule has 3 N–H and O–H groups in total. The minimum absolute atomic E-state index is 0.0226. The lowest BCUT2D eigenvalue weighted by Gasteiger charge is -2.24. The number of carbonyl (C=O) groups excluding carboxylic acids is 5. The van der Waals surface area contributed by atoms with Crippen LogP contribution >= 0.6 is 23.2 Å². The molecule has 0 aromatic rings. The van der Waals surface area contributed by atoms with Crippen molar-refractivity contribution in [1.29, 1.82) is 0 Å². The van der Waals surface area contributed by atoms with Crippen LogP contribution in [0.1, 0.15) is 129 Å². The zero-order chi connectivity index (χ0) is 43.9. The van der Waals surface area contributed by atoms with E-state index in [1.54, 1.807) is 6.92 Å². The number of alkyl halides is 2. The quantitative estimate of drug-likeness (QED) is 0.0302. The Bertz CT molecular complexity index is 1140. The Balaban J connectivity index is -0.000000360. The molecule has 0 aliphatic carbocycles. The molecule has 0 aromatic carbocycles. The van der Waals surface area contributed by atoms with Crippen LogP contribution in [0, 0.1) is 11.8 Å². The maximum absolute atomic E-state index is 12.0. The first-order chi connectivity index (χ1) is 25.2. The van der Waals surface area contributed by atoms with E-state index in [0.29, 0.717) is 44.7 Å². The summed E-state index contributed by atoms with van der Waals surface area (Å²) < 4.78 is 26.5. The van der Waals surface area contributed by atoms with Gasteiger partial charge in [0, 0.05) is 36.5 Å². The van der Waals surface area contributed by atoms with E-state index >= 15 is 0 Å². The number of esters is 4. The normalized spacial score (nSPS) is 12.9. The molecule has 322 valence electrons. The molecule has 0 radical (unpaired) electrons. The van der Waals surface area contributed by atoms with Crippen LogP contribution in [0.4, 0.5) is 0 Å². The fourth-order valence-corrected chi connectivity index (χ4v) is 3.76. The lowest BCUT2D eigenvalue weighted by atomic mass is 10.0. The van der Waals surface area contributed by atoms with E-state index < -0.39 is 23.1 Å². The van der Waals surface area contributed by atoms with Gasteiger partial charge in [0.15, 0.2) is 0 Å². The van der Waals surface area contributed by atoms with Gasteiger partial charge in [-0.05, 0) is 107 Å². The molecule has 0 aromatic heterocycles. The Kier molecular flexibility index (Phi) is 35.8. The van der Waals surface area contributed by atoms with Crippen molar-refractivity contribution in [2.75, 3.05) is 31.6 Å². The molecule has 0 bridgehead atoms. The zero-order valence-corrected chi connectivity index (χ0v) is 37.6. The van der Waals surface area contributed by atoms with Gasteiger partial charge in [-0.2, -0.15) is 0 Å². The summed E-state index contributed by atoms with van der Waals surface area (Å²) in [5.41, 5.74) is 5.43. The summed E-state index contributed by atoms with van der Waals surface area (Å²) in [6.45, 7) is 36.3. The number of hydrogen-bond donors (Lipinski definition) is 2. The molecule has 55 heavy (non-hydrogen) atoms. The standard InChI is InChI=1S/C18H33NO4.C14H29NO3.C8H10O3.CH2Cl2/c1-8-15(12-14(4)17(21)23-18(5,6)7)22-11-9-10-19-16(20)13(2)3;1-6-12(17-9-7-8-15)10-11(2)13(16)18-14(3,4)5;1-5(2)7(9)11-8(10)6(3)4;2-1-3/h14-15H,2,8-12H2,1,3-7H3,(H,19,20);11-12H,6-10,15H2,1-5H3;1,3H2,2,4H3;1H2. The Morgan fingerprint density at radius 2 is 1.02 bits per heavy atom. The largest absolute Gasteiger partial charge is 0.460 e. The van der Waals surface area contributed by atoms with Crippen molar-refractivity contribution in [3.05, 3.63) is 36.5 Å². The third-order valence-electron chi connectivity index (χ3n) is 6.69. The van der Waals surface area contributed by atoms with Gasteiger partial charge in [0.2, 0.25) is 5.91 Å². The van der Waals surface area contributed by atoms with E-state index in [1.165, 1.54) is 13.8 Å². The van der Waals surface area contributed by atoms with Crippen LogP contribution in [0.5, 0.6) is 0 Å². The third-order valence-corrected chi connectivity index (χ3v) is 6.69. The molecule has 4 atom stereocenters. The van der Waals surface area contributed by atoms with E-state index in [-0.39, 0.29) is 58.4 Å². The summed E-state index contributed by atoms with van der Waals surface area (Å²) in [5, 5.41) is 2.96. The molecular formula is C41H74Cl2N2O10. The first-order valence-corrected chi connectivity index (χ1v) is 19.8. The summed E-state index contributed by atoms with van der Waals surface area (Å²) in [4.78, 5) is 56.5. The SMILES string of the molecule is C=C(C)C(=O)NCCCOC(CC)CC(C)C(=O)OC(C)(C)C.C=C(C)C(=O)OC(=O)C(=C)C.CCC(CC(C)C(=O)OC(C)(C)C)OCCCN.ClCCl. The van der Waals surface area contributed by atoms with Crippen molar-refractivity contribution >= 4 is 53.0 Å². The fourth-order valence-electron chi connectivity index (χ4n) is 3.76. The van der Waals surface area contributed by atoms with Crippen molar-refractivity contribution < 1.29 is 47.7 Å². The number of hydrogen-bond acceptors (Lipinski definition) is 11. The molecule has 0 saturated carbocycles. The highest BCUT2D eigenvalue weighted by molar-refractivity contribution is 6.40. The Labute approximate surface area is 342 Å². The molecule has 14 heteroatoms. The molecule has 4 unspecified atom stereocenters. The average Bonchev–Trinajstić information content (AvgIpc) is 3.06. The second kappa shape index (κ2) is 33.4. The molecule has 0 saturated heterocycles. The van der Waals surface area contributed by atoms with Crippen LogP contribution in [-0.2, 0) is 47.7 Å². The highest BCUT2D eigenvalue weighted by atomic mass is 35.5. The van der Waals surface area contributed by atoms with Gasteiger partial charge in [0.05, 0.1) is 29.4 Å². The number of rotatable bonds is 20. The summed E-state index contributed by atoms with van der Waals surface area (Å²) in [6.07, 6.45) is 4.81. The van der Waals surface area contributed by atoms with E-state index in [9.17, 15) is 24.0 Å². The van der Waals surface area contributed by atoms with Gasteiger partial charge in [-0.3, -0.25) is 14.4 Å². The molecule has 1 amide bonds. The number of amides is 1. The fraction of sp³-hybridized carbons (Fsp3) is 0.732. The second-order valence-electron chi connectivity index (χ2n) is 15.0. The predicted octanol–water partition coefficient (Wildman–Crippen LogP) is 8.36. The summed E-state index contributed by atoms with van der Waals surface area (Å²) >= 11 is 9.53. The summed E-state index contributed by atoms with van der Waals surface area (Å²) in [7, 11) is 0. The Morgan fingerprint density at radius 1 is 0.673 bits per heavy atom. The second-order valence-corrected chi connectivity index (χ2v) is 15.8. The lowest BCUT2D eigenvalue weighted by Crippen LogP contribution is -2.30. The molecule has 0 spiro atoms. The van der Waals surface area contributed by atoms with Gasteiger partial charge in [-0.25, -0.2) is 9.59 Å². The average molecular weight is 826 g/mol. The van der Waals surface area contributed by atoms with Gasteiger partial charge < -0.3 is 34.7 Å². The predicted molar refractivity (Wildman–Crippen MR) is 223 cm³/mol. The zero-order valence-electron chi connectivity index (χ0n) is 36.1. The first-order valence-electron chi connectivity index (χ1n) is 18.7. The van der Waals surface area contributed by atoms with Crippen LogP contribution in [0.3, 0.4) is 0 Å². The van der Waals surface area contributed by atoms with Crippen LogP contribution in [0.15, 0.2) is 36.5 Å². The molecular weight excluding hydrogens is 751 g/mol. The summed E-state index contributed by atoms with van der Waals surface area (Å²) in [5.74, 6) is -2.21. The highest BCUT2D eigenvalue weighted by Gasteiger charge is 2.25. The van der Waals surface area contributed by atoms with Crippen LogP contribution < -0.4 is 11.1 Å². The van der Waals surface area contributed by atoms with E-state index in [0.717, 1.165) is 25.7 Å². The molecule has 12 nitrogen and oxygen atoms in total. The van der Waals surface area contributed by atoms with E-state index in [1.807, 2.05) is 62.3 Å². The highest BCUT2D eigenvalue weighted by Crippen LogP contribution is 2.19. The number of nitrogens with two attached hydrogens (primary N) is 1. The van der Waals surface area contributed by atoms with Gasteiger partial charge in [0.25, 0.3) is 0 Å². The number of carbonyl (C=O) groups is 5. The Hall–Kier alpha value is -2.77. The maximum Gasteiger partial charge on any atom is 0.340 e. The summed E-state index contributed by atoms with van der Waals surface area (Å²) in [6, 6.07) is 0. The van der Waals surface area contributed by atoms with Crippen molar-refractivity contribution in [2.45, 2.75) is 152 Å². The van der Waals surface area contributed by atoms with E-state index in [4.69, 9.17) is 47.9 Å².